The highest BCUT2D eigenvalue weighted by Crippen LogP contribution is 2.28. The molecule has 1 fully saturated rings. The lowest BCUT2D eigenvalue weighted by molar-refractivity contribution is -0.145. The summed E-state index contributed by atoms with van der Waals surface area (Å²) in [6.07, 6.45) is 1.22. The fourth-order valence-electron chi connectivity index (χ4n) is 2.97. The second kappa shape index (κ2) is 8.55. The van der Waals surface area contributed by atoms with Gasteiger partial charge in [-0.15, -0.1) is 0 Å². The van der Waals surface area contributed by atoms with Crippen LogP contribution in [-0.4, -0.2) is 73.6 Å². The summed E-state index contributed by atoms with van der Waals surface area (Å²) < 4.78 is 10.3. The van der Waals surface area contributed by atoms with E-state index in [-0.39, 0.29) is 24.9 Å². The average Bonchev–Trinajstić information content (AvgIpc) is 2.66. The number of carbonyl (C=O) groups excluding carboxylic acids is 2. The van der Waals surface area contributed by atoms with Crippen LogP contribution in [0, 0.1) is 5.92 Å². The molecule has 2 rings (SSSR count). The zero-order chi connectivity index (χ0) is 19.3. The topological polar surface area (TPSA) is 96.4 Å². The third kappa shape index (κ3) is 4.44. The van der Waals surface area contributed by atoms with Gasteiger partial charge < -0.3 is 24.4 Å². The molecule has 1 unspecified atom stereocenters. The summed E-state index contributed by atoms with van der Waals surface area (Å²) in [5.74, 6) is -1.08. The summed E-state index contributed by atoms with van der Waals surface area (Å²) in [7, 11) is 4.53. The molecule has 1 N–H and O–H groups in total. The number of likely N-dealkylation sites (tertiary alicyclic amines) is 1. The first kappa shape index (κ1) is 19.6. The van der Waals surface area contributed by atoms with Crippen LogP contribution in [0.25, 0.3) is 0 Å². The van der Waals surface area contributed by atoms with Crippen LogP contribution in [0.5, 0.6) is 11.5 Å². The van der Waals surface area contributed by atoms with Crippen molar-refractivity contribution in [2.45, 2.75) is 12.8 Å². The zero-order valence-electron chi connectivity index (χ0n) is 15.2. The first-order chi connectivity index (χ1) is 12.4. The number of piperidine rings is 1. The monoisotopic (exact) mass is 364 g/mol. The lowest BCUT2D eigenvalue weighted by atomic mass is 9.98. The van der Waals surface area contributed by atoms with Gasteiger partial charge in [0.2, 0.25) is 5.91 Å². The van der Waals surface area contributed by atoms with Crippen molar-refractivity contribution < 1.29 is 29.0 Å². The third-order valence-corrected chi connectivity index (χ3v) is 4.47. The van der Waals surface area contributed by atoms with Crippen LogP contribution in [-0.2, 0) is 9.59 Å². The quantitative estimate of drug-likeness (QED) is 0.812. The van der Waals surface area contributed by atoms with Gasteiger partial charge in [-0.1, -0.05) is 0 Å². The van der Waals surface area contributed by atoms with Gasteiger partial charge >= 0.3 is 5.97 Å². The van der Waals surface area contributed by atoms with E-state index < -0.39 is 11.9 Å². The Balaban J connectivity index is 2.02. The maximum absolute atomic E-state index is 12.6. The summed E-state index contributed by atoms with van der Waals surface area (Å²) in [4.78, 5) is 39.0. The van der Waals surface area contributed by atoms with E-state index in [1.54, 1.807) is 18.2 Å². The highest BCUT2D eigenvalue weighted by molar-refractivity contribution is 5.97. The van der Waals surface area contributed by atoms with Gasteiger partial charge in [-0.05, 0) is 31.0 Å². The molecule has 0 spiro atoms. The first-order valence-corrected chi connectivity index (χ1v) is 8.35. The van der Waals surface area contributed by atoms with E-state index in [9.17, 15) is 14.4 Å². The van der Waals surface area contributed by atoms with Gasteiger partial charge in [0, 0.05) is 25.7 Å². The number of aliphatic carboxylic acids is 1. The maximum Gasteiger partial charge on any atom is 0.308 e. The largest absolute Gasteiger partial charge is 0.493 e. The van der Waals surface area contributed by atoms with Gasteiger partial charge in [0.15, 0.2) is 11.5 Å². The lowest BCUT2D eigenvalue weighted by Gasteiger charge is -2.32. The van der Waals surface area contributed by atoms with Gasteiger partial charge in [-0.2, -0.15) is 0 Å². The van der Waals surface area contributed by atoms with E-state index in [4.69, 9.17) is 14.6 Å². The van der Waals surface area contributed by atoms with Gasteiger partial charge in [0.1, 0.15) is 0 Å². The molecule has 8 heteroatoms. The fourth-order valence-corrected chi connectivity index (χ4v) is 2.97. The Kier molecular flexibility index (Phi) is 6.43. The minimum atomic E-state index is -0.891. The third-order valence-electron chi connectivity index (χ3n) is 4.47. The first-order valence-electron chi connectivity index (χ1n) is 8.35. The molecule has 1 atom stereocenters. The van der Waals surface area contributed by atoms with E-state index in [2.05, 4.69) is 0 Å². The highest BCUT2D eigenvalue weighted by atomic mass is 16.5. The van der Waals surface area contributed by atoms with Crippen LogP contribution in [0.2, 0.25) is 0 Å². The number of carbonyl (C=O) groups is 3. The second-order valence-corrected chi connectivity index (χ2v) is 6.25. The summed E-state index contributed by atoms with van der Waals surface area (Å²) in [6, 6.07) is 4.79. The number of hydrogen-bond donors (Lipinski definition) is 1. The Morgan fingerprint density at radius 1 is 1.23 bits per heavy atom. The molecule has 2 amide bonds. The van der Waals surface area contributed by atoms with E-state index in [0.717, 1.165) is 0 Å². The number of benzene rings is 1. The molecule has 1 heterocycles. The molecule has 1 aliphatic heterocycles. The fraction of sp³-hybridized carbons (Fsp3) is 0.500. The van der Waals surface area contributed by atoms with Crippen molar-refractivity contribution in [3.05, 3.63) is 23.8 Å². The number of nitrogens with zero attached hydrogens (tertiary/aromatic N) is 2. The van der Waals surface area contributed by atoms with Crippen LogP contribution < -0.4 is 9.47 Å². The van der Waals surface area contributed by atoms with Crippen molar-refractivity contribution in [2.24, 2.45) is 5.92 Å². The predicted molar refractivity (Wildman–Crippen MR) is 93.4 cm³/mol. The minimum Gasteiger partial charge on any atom is -0.493 e. The Labute approximate surface area is 152 Å². The van der Waals surface area contributed by atoms with E-state index in [1.165, 1.54) is 31.1 Å². The Bertz CT molecular complexity index is 690. The molecule has 1 aromatic carbocycles. The highest BCUT2D eigenvalue weighted by Gasteiger charge is 2.29. The minimum absolute atomic E-state index is 0.112. The zero-order valence-corrected chi connectivity index (χ0v) is 15.2. The molecule has 0 aromatic heterocycles. The number of ether oxygens (including phenoxy) is 2. The maximum atomic E-state index is 12.6. The number of likely N-dealkylation sites (N-methyl/N-ethyl adjacent to an activating group) is 1. The van der Waals surface area contributed by atoms with Crippen LogP contribution in [0.4, 0.5) is 0 Å². The standard InChI is InChI=1S/C18H24N2O6/c1-19(11-16(21)20-8-4-5-13(10-20)18(23)24)17(22)12-6-7-14(25-2)15(9-12)26-3/h6-7,9,13H,4-5,8,10-11H2,1-3H3,(H,23,24). The van der Waals surface area contributed by atoms with Crippen molar-refractivity contribution in [1.29, 1.82) is 0 Å². The molecule has 1 aliphatic rings. The lowest BCUT2D eigenvalue weighted by Crippen LogP contribution is -2.46. The molecule has 142 valence electrons. The summed E-state index contributed by atoms with van der Waals surface area (Å²) in [5, 5.41) is 9.12. The number of methoxy groups -OCH3 is 2. The molecular weight excluding hydrogens is 340 g/mol. The molecule has 0 saturated carbocycles. The summed E-state index contributed by atoms with van der Waals surface area (Å²) >= 11 is 0. The van der Waals surface area contributed by atoms with E-state index in [1.807, 2.05) is 0 Å². The van der Waals surface area contributed by atoms with Crippen molar-refractivity contribution in [1.82, 2.24) is 9.80 Å². The SMILES string of the molecule is COc1ccc(C(=O)N(C)CC(=O)N2CCCC(C(=O)O)C2)cc1OC. The van der Waals surface area contributed by atoms with Crippen LogP contribution in [0.3, 0.4) is 0 Å². The van der Waals surface area contributed by atoms with Crippen LogP contribution in [0.1, 0.15) is 23.2 Å². The predicted octanol–water partition coefficient (Wildman–Crippen LogP) is 1.10. The van der Waals surface area contributed by atoms with Gasteiger partial charge in [0.05, 0.1) is 26.7 Å². The Morgan fingerprint density at radius 2 is 1.92 bits per heavy atom. The summed E-state index contributed by atoms with van der Waals surface area (Å²) in [5.41, 5.74) is 0.375. The number of carboxylic acids is 1. The van der Waals surface area contributed by atoms with Crippen molar-refractivity contribution in [2.75, 3.05) is 40.9 Å². The molecule has 26 heavy (non-hydrogen) atoms. The number of carboxylic acid groups (broad SMARTS) is 1. The number of rotatable bonds is 6. The van der Waals surface area contributed by atoms with E-state index in [0.29, 0.717) is 36.4 Å². The summed E-state index contributed by atoms with van der Waals surface area (Å²) in [6.45, 7) is 0.590. The molecular formula is C18H24N2O6. The smallest absolute Gasteiger partial charge is 0.308 e. The molecule has 0 radical (unpaired) electrons. The Morgan fingerprint density at radius 3 is 2.54 bits per heavy atom. The van der Waals surface area contributed by atoms with Crippen molar-refractivity contribution in [3.8, 4) is 11.5 Å². The molecule has 8 nitrogen and oxygen atoms in total. The number of hydrogen-bond acceptors (Lipinski definition) is 5. The normalized spacial score (nSPS) is 16.7. The van der Waals surface area contributed by atoms with Gasteiger partial charge in [-0.25, -0.2) is 0 Å². The van der Waals surface area contributed by atoms with Crippen molar-refractivity contribution in [3.63, 3.8) is 0 Å². The molecule has 0 bridgehead atoms. The van der Waals surface area contributed by atoms with Crippen molar-refractivity contribution >= 4 is 17.8 Å². The molecule has 1 aromatic rings. The van der Waals surface area contributed by atoms with Crippen LogP contribution in [0.15, 0.2) is 18.2 Å². The van der Waals surface area contributed by atoms with Gasteiger partial charge in [0.25, 0.3) is 5.91 Å². The molecule has 0 aliphatic carbocycles. The Hall–Kier alpha value is -2.77. The van der Waals surface area contributed by atoms with Gasteiger partial charge in [-0.3, -0.25) is 14.4 Å². The average molecular weight is 364 g/mol. The number of amides is 2. The van der Waals surface area contributed by atoms with E-state index >= 15 is 0 Å². The second-order valence-electron chi connectivity index (χ2n) is 6.25. The molecule has 1 saturated heterocycles. The van der Waals surface area contributed by atoms with Crippen LogP contribution >= 0.6 is 0 Å².